The number of amides is 1. The van der Waals surface area contributed by atoms with Crippen LogP contribution in [0.5, 0.6) is 0 Å². The molecule has 1 fully saturated rings. The van der Waals surface area contributed by atoms with Crippen molar-refractivity contribution in [3.05, 3.63) is 51.8 Å². The summed E-state index contributed by atoms with van der Waals surface area (Å²) in [6.07, 6.45) is 2.73. The maximum absolute atomic E-state index is 12.8. The van der Waals surface area contributed by atoms with Crippen LogP contribution in [-0.2, 0) is 7.05 Å². The van der Waals surface area contributed by atoms with Crippen molar-refractivity contribution >= 4 is 17.0 Å². The highest BCUT2D eigenvalue weighted by molar-refractivity contribution is 5.97. The molecule has 7 heteroatoms. The van der Waals surface area contributed by atoms with E-state index in [0.29, 0.717) is 35.7 Å². The lowest BCUT2D eigenvalue weighted by molar-refractivity contribution is 0.0791. The Morgan fingerprint density at radius 1 is 1.42 bits per heavy atom. The summed E-state index contributed by atoms with van der Waals surface area (Å²) in [7, 11) is 1.63. The zero-order valence-electron chi connectivity index (χ0n) is 13.6. The van der Waals surface area contributed by atoms with E-state index < -0.39 is 5.76 Å². The van der Waals surface area contributed by atoms with Gasteiger partial charge in [-0.1, -0.05) is 0 Å². The molecule has 4 rings (SSSR count). The zero-order valence-corrected chi connectivity index (χ0v) is 13.6. The van der Waals surface area contributed by atoms with Crippen LogP contribution in [0.3, 0.4) is 0 Å². The lowest BCUT2D eigenvalue weighted by Gasteiger charge is -2.16. The summed E-state index contributed by atoms with van der Waals surface area (Å²) in [6, 6.07) is 5.11. The number of likely N-dealkylation sites (tertiary alicyclic amines) is 1. The molecule has 124 valence electrons. The first kappa shape index (κ1) is 14.7. The van der Waals surface area contributed by atoms with Crippen LogP contribution in [0.25, 0.3) is 11.1 Å². The number of benzene rings is 1. The molecule has 7 nitrogen and oxygen atoms in total. The van der Waals surface area contributed by atoms with Gasteiger partial charge in [-0.25, -0.2) is 4.79 Å². The molecular weight excluding hydrogens is 308 g/mol. The van der Waals surface area contributed by atoms with Crippen LogP contribution >= 0.6 is 0 Å². The number of aromatic nitrogens is 3. The van der Waals surface area contributed by atoms with Gasteiger partial charge in [-0.05, 0) is 37.1 Å². The Morgan fingerprint density at radius 2 is 2.25 bits per heavy atom. The summed E-state index contributed by atoms with van der Waals surface area (Å²) < 4.78 is 6.52. The zero-order chi connectivity index (χ0) is 16.8. The van der Waals surface area contributed by atoms with E-state index in [1.54, 1.807) is 25.2 Å². The average molecular weight is 326 g/mol. The molecule has 1 aliphatic heterocycles. The minimum absolute atomic E-state index is 0.0229. The Bertz CT molecular complexity index is 981. The van der Waals surface area contributed by atoms with E-state index in [9.17, 15) is 9.59 Å². The van der Waals surface area contributed by atoms with Gasteiger partial charge in [0.15, 0.2) is 5.58 Å². The number of nitrogens with one attached hydrogen (secondary N) is 1. The van der Waals surface area contributed by atoms with Gasteiger partial charge in [0.1, 0.15) is 0 Å². The molecule has 0 saturated carbocycles. The van der Waals surface area contributed by atoms with E-state index in [1.807, 2.05) is 18.0 Å². The van der Waals surface area contributed by atoms with E-state index in [-0.39, 0.29) is 5.91 Å². The molecule has 0 aliphatic carbocycles. The highest BCUT2D eigenvalue weighted by Gasteiger charge is 2.30. The molecule has 3 heterocycles. The lowest BCUT2D eigenvalue weighted by atomic mass is 10.0. The minimum Gasteiger partial charge on any atom is -0.408 e. The molecule has 1 amide bonds. The van der Waals surface area contributed by atoms with Gasteiger partial charge >= 0.3 is 5.76 Å². The standard InChI is InChI=1S/C17H18N4O3/c1-10-8-18-19-15(10)12-5-6-21(9-12)16(22)11-3-4-14-13(7-11)20(2)17(23)24-14/h3-4,7-8,12H,5-6,9H2,1-2H3,(H,18,19). The summed E-state index contributed by atoms with van der Waals surface area (Å²) in [5.41, 5.74) is 3.93. The quantitative estimate of drug-likeness (QED) is 0.778. The maximum Gasteiger partial charge on any atom is 0.419 e. The van der Waals surface area contributed by atoms with Crippen LogP contribution in [0.4, 0.5) is 0 Å². The molecule has 1 unspecified atom stereocenters. The van der Waals surface area contributed by atoms with Crippen molar-refractivity contribution in [2.24, 2.45) is 7.05 Å². The number of H-pyrrole nitrogens is 1. The average Bonchev–Trinajstić information content (AvgIpc) is 3.27. The van der Waals surface area contributed by atoms with Crippen molar-refractivity contribution in [3.8, 4) is 0 Å². The molecule has 0 bridgehead atoms. The molecule has 1 aromatic carbocycles. The van der Waals surface area contributed by atoms with Gasteiger partial charge in [0.05, 0.1) is 11.7 Å². The Labute approximate surface area is 137 Å². The Morgan fingerprint density at radius 3 is 3.00 bits per heavy atom. The fraction of sp³-hybridized carbons (Fsp3) is 0.353. The van der Waals surface area contributed by atoms with Gasteiger partial charge in [0.25, 0.3) is 5.91 Å². The largest absolute Gasteiger partial charge is 0.419 e. The molecule has 1 N–H and O–H groups in total. The number of aryl methyl sites for hydroxylation is 2. The van der Waals surface area contributed by atoms with Crippen molar-refractivity contribution < 1.29 is 9.21 Å². The van der Waals surface area contributed by atoms with E-state index in [0.717, 1.165) is 17.7 Å². The lowest BCUT2D eigenvalue weighted by Crippen LogP contribution is -2.28. The SMILES string of the molecule is Cc1cn[nH]c1C1CCN(C(=O)c2ccc3oc(=O)n(C)c3c2)C1. The molecule has 2 aromatic heterocycles. The fourth-order valence-corrected chi connectivity index (χ4v) is 3.39. The molecule has 0 spiro atoms. The van der Waals surface area contributed by atoms with E-state index in [4.69, 9.17) is 4.42 Å². The predicted octanol–water partition coefficient (Wildman–Crippen LogP) is 1.79. The molecule has 1 atom stereocenters. The number of carbonyl (C=O) groups is 1. The summed E-state index contributed by atoms with van der Waals surface area (Å²) in [4.78, 5) is 26.2. The van der Waals surface area contributed by atoms with Gasteiger partial charge < -0.3 is 9.32 Å². The predicted molar refractivity (Wildman–Crippen MR) is 88.0 cm³/mol. The highest BCUT2D eigenvalue weighted by atomic mass is 16.4. The van der Waals surface area contributed by atoms with Crippen LogP contribution in [0.15, 0.2) is 33.6 Å². The second-order valence-electron chi connectivity index (χ2n) is 6.31. The fourth-order valence-electron chi connectivity index (χ4n) is 3.39. The summed E-state index contributed by atoms with van der Waals surface area (Å²) in [5.74, 6) is -0.158. The molecule has 0 radical (unpaired) electrons. The van der Waals surface area contributed by atoms with Gasteiger partial charge in [-0.15, -0.1) is 0 Å². The third-order valence-electron chi connectivity index (χ3n) is 4.79. The number of fused-ring (bicyclic) bond motifs is 1. The number of carbonyl (C=O) groups excluding carboxylic acids is 1. The Balaban J connectivity index is 1.59. The number of oxazole rings is 1. The number of hydrogen-bond acceptors (Lipinski definition) is 4. The van der Waals surface area contributed by atoms with Crippen molar-refractivity contribution in [3.63, 3.8) is 0 Å². The first-order chi connectivity index (χ1) is 11.5. The summed E-state index contributed by atoms with van der Waals surface area (Å²) >= 11 is 0. The number of aromatic amines is 1. The van der Waals surface area contributed by atoms with Crippen molar-refractivity contribution in [1.82, 2.24) is 19.7 Å². The van der Waals surface area contributed by atoms with Crippen LogP contribution in [0, 0.1) is 6.92 Å². The first-order valence-corrected chi connectivity index (χ1v) is 7.93. The number of hydrogen-bond donors (Lipinski definition) is 1. The van der Waals surface area contributed by atoms with Gasteiger partial charge in [0.2, 0.25) is 0 Å². The monoisotopic (exact) mass is 326 g/mol. The normalized spacial score (nSPS) is 17.8. The second-order valence-corrected chi connectivity index (χ2v) is 6.31. The van der Waals surface area contributed by atoms with E-state index in [1.165, 1.54) is 4.57 Å². The Kier molecular flexibility index (Phi) is 3.30. The molecule has 3 aromatic rings. The Hall–Kier alpha value is -2.83. The molecule has 24 heavy (non-hydrogen) atoms. The molecular formula is C17H18N4O3. The van der Waals surface area contributed by atoms with Crippen LogP contribution in [0.2, 0.25) is 0 Å². The van der Waals surface area contributed by atoms with E-state index >= 15 is 0 Å². The van der Waals surface area contributed by atoms with Crippen LogP contribution in [-0.4, -0.2) is 38.7 Å². The number of nitrogens with zero attached hydrogens (tertiary/aromatic N) is 3. The van der Waals surface area contributed by atoms with Crippen molar-refractivity contribution in [2.75, 3.05) is 13.1 Å². The minimum atomic E-state index is -0.425. The maximum atomic E-state index is 12.8. The van der Waals surface area contributed by atoms with Crippen LogP contribution in [0.1, 0.15) is 34.0 Å². The van der Waals surface area contributed by atoms with Crippen molar-refractivity contribution in [2.45, 2.75) is 19.3 Å². The number of rotatable bonds is 2. The highest BCUT2D eigenvalue weighted by Crippen LogP contribution is 2.29. The van der Waals surface area contributed by atoms with E-state index in [2.05, 4.69) is 10.2 Å². The molecule has 1 saturated heterocycles. The van der Waals surface area contributed by atoms with Gasteiger partial charge in [0, 0.05) is 37.3 Å². The third kappa shape index (κ3) is 2.24. The molecule has 1 aliphatic rings. The topological polar surface area (TPSA) is 84.1 Å². The van der Waals surface area contributed by atoms with Crippen molar-refractivity contribution in [1.29, 1.82) is 0 Å². The third-order valence-corrected chi connectivity index (χ3v) is 4.79. The van der Waals surface area contributed by atoms with Gasteiger partial charge in [-0.2, -0.15) is 5.10 Å². The summed E-state index contributed by atoms with van der Waals surface area (Å²) in [6.45, 7) is 3.41. The second kappa shape index (κ2) is 5.36. The van der Waals surface area contributed by atoms with Gasteiger partial charge in [-0.3, -0.25) is 14.5 Å². The smallest absolute Gasteiger partial charge is 0.408 e. The van der Waals surface area contributed by atoms with Crippen LogP contribution < -0.4 is 5.76 Å². The first-order valence-electron chi connectivity index (χ1n) is 7.93. The summed E-state index contributed by atoms with van der Waals surface area (Å²) in [5, 5.41) is 7.11.